The molecule has 0 spiro atoms. The van der Waals surface area contributed by atoms with Crippen LogP contribution >= 0.6 is 30.8 Å². The highest BCUT2D eigenvalue weighted by atomic mass is 35.5. The number of halogens is 9. The standard InChI is InChI=1S/C17H11Cl2F3O5.C15H18N6O6S.C14H10F4N4O7S.C3H8NO5P.C3H9S/c1-8(15(23)24)26-16(25)11-7-10(3-4-12(11)18)27-14-5-2-9(6-13(14)19)17(20,21)22;1-21(2)13(22)9-6-5-7-16-12(9)28(24,25)20-15(23)19-14-17-10(26-3)8-11(18-14)27-4;15-11(16)28-8-5-9(29-12(17)18)20-13(19-8)21-14(25)22-30(26,27)7-4-2-1-3-6(7)10(23)24;5-3(6)1-4-2-10(7,8)9;1-4(2)3/h2-8H,1H3,(H,23,24);5-8H,1-4H3,(H2,17,18,19,20,23);1-5,11-12H,(H,23,24)(H2,19,20,21,22,25);4H,1-2H2,(H,5,6)(H2,7,8,9);1-3H3/q;;;;+1/p-1/t8-;;;;/m0..../s1. The molecule has 0 bridgehead atoms. The van der Waals surface area contributed by atoms with Gasteiger partial charge in [-0.3, -0.25) is 25.5 Å². The second-order valence-electron chi connectivity index (χ2n) is 18.5. The van der Waals surface area contributed by atoms with Crippen molar-refractivity contribution in [3.8, 4) is 35.0 Å². The largest absolute Gasteiger partial charge is 0.778 e. The van der Waals surface area contributed by atoms with Crippen molar-refractivity contribution >= 4 is 115 Å². The number of aliphatic carboxylic acids is 2. The zero-order valence-corrected chi connectivity index (χ0v) is 56.5. The Morgan fingerprint density at radius 2 is 1.19 bits per heavy atom. The number of carboxylic acids is 3. The van der Waals surface area contributed by atoms with E-state index in [1.807, 2.05) is 5.32 Å². The molecule has 0 aliphatic heterocycles. The lowest BCUT2D eigenvalue weighted by molar-refractivity contribution is -0.193. The highest BCUT2D eigenvalue weighted by Crippen LogP contribution is 2.37. The van der Waals surface area contributed by atoms with Crippen molar-refractivity contribution in [3.63, 3.8) is 0 Å². The number of ether oxygens (including phenoxy) is 6. The minimum absolute atomic E-state index is 0.0246. The predicted molar refractivity (Wildman–Crippen MR) is 331 cm³/mol. The molecule has 3 aromatic carbocycles. The number of nitrogens with one attached hydrogen (secondary N) is 5. The van der Waals surface area contributed by atoms with E-state index in [2.05, 4.69) is 58.5 Å². The molecule has 0 aliphatic rings. The molecule has 6 aromatic rings. The van der Waals surface area contributed by atoms with Crippen molar-refractivity contribution in [2.24, 2.45) is 0 Å². The molecule has 47 heteroatoms. The van der Waals surface area contributed by atoms with E-state index in [9.17, 15) is 90.6 Å². The summed E-state index contributed by atoms with van der Waals surface area (Å²) in [6.07, 6.45) is 1.11. The van der Waals surface area contributed by atoms with Gasteiger partial charge in [0.25, 0.3) is 26.0 Å². The molecule has 6 rings (SSSR count). The van der Waals surface area contributed by atoms with Crippen LogP contribution in [0.5, 0.6) is 35.0 Å². The second-order valence-corrected chi connectivity index (χ2v) is 26.6. The fraction of sp³-hybridized carbons (Fsp3) is 0.269. The molecule has 0 radical (unpaired) electrons. The summed E-state index contributed by atoms with van der Waals surface area (Å²) in [7, 11) is -7.27. The topological polar surface area (TPSA) is 492 Å². The number of urea groups is 2. The van der Waals surface area contributed by atoms with E-state index in [1.165, 1.54) is 86.6 Å². The highest BCUT2D eigenvalue weighted by Gasteiger charge is 2.32. The second kappa shape index (κ2) is 39.0. The Balaban J connectivity index is 0.000000460. The van der Waals surface area contributed by atoms with Crippen LogP contribution in [0.25, 0.3) is 0 Å². The van der Waals surface area contributed by atoms with Crippen LogP contribution in [-0.2, 0) is 56.0 Å². The molecule has 0 saturated carbocycles. The molecular formula is C52H55Cl2F7N11O23PS3. The van der Waals surface area contributed by atoms with Crippen molar-refractivity contribution < 1.29 is 139 Å². The Morgan fingerprint density at radius 1 is 0.697 bits per heavy atom. The number of carbonyl (C=O) groups excluding carboxylic acids is 4. The lowest BCUT2D eigenvalue weighted by atomic mass is 10.2. The van der Waals surface area contributed by atoms with Crippen LogP contribution in [0.4, 0.5) is 52.2 Å². The van der Waals surface area contributed by atoms with Crippen LogP contribution < -0.4 is 54.0 Å². The zero-order valence-electron chi connectivity index (χ0n) is 51.6. The van der Waals surface area contributed by atoms with Gasteiger partial charge in [-0.15, -0.1) is 0 Å². The van der Waals surface area contributed by atoms with E-state index < -0.39 is 147 Å². The summed E-state index contributed by atoms with van der Waals surface area (Å²) in [6, 6.07) is 12.5. The number of amides is 5. The Morgan fingerprint density at radius 3 is 1.65 bits per heavy atom. The van der Waals surface area contributed by atoms with Gasteiger partial charge in [-0.2, -0.15) is 59.1 Å². The summed E-state index contributed by atoms with van der Waals surface area (Å²) in [5.41, 5.74) is -1.95. The number of aromatic carboxylic acids is 1. The molecule has 3 heterocycles. The number of sulfonamides is 2. The number of benzene rings is 3. The van der Waals surface area contributed by atoms with Crippen LogP contribution in [0.3, 0.4) is 0 Å². The van der Waals surface area contributed by atoms with Gasteiger partial charge in [0.15, 0.2) is 11.1 Å². The maximum atomic E-state index is 12.7. The molecule has 542 valence electrons. The van der Waals surface area contributed by atoms with Gasteiger partial charge in [-0.05, 0) is 78.5 Å². The molecule has 2 atom stereocenters. The Labute approximate surface area is 568 Å². The first-order chi connectivity index (χ1) is 45.8. The molecule has 1 unspecified atom stereocenters. The normalized spacial score (nSPS) is 11.8. The van der Waals surface area contributed by atoms with Crippen LogP contribution in [0.1, 0.15) is 43.6 Å². The average Bonchev–Trinajstić information content (AvgIpc) is 0.606. The molecule has 34 nitrogen and oxygen atoms in total. The Hall–Kier alpha value is -9.69. The van der Waals surface area contributed by atoms with E-state index in [0.29, 0.717) is 23.0 Å². The molecule has 0 saturated heterocycles. The van der Waals surface area contributed by atoms with Crippen molar-refractivity contribution in [1.82, 2.24) is 44.6 Å². The first-order valence-corrected chi connectivity index (χ1v) is 33.9. The molecule has 0 fully saturated rings. The minimum Gasteiger partial charge on any atom is -0.778 e. The van der Waals surface area contributed by atoms with Gasteiger partial charge in [0.05, 0.1) is 90.2 Å². The maximum Gasteiger partial charge on any atom is 0.416 e. The molecule has 9 N–H and O–H groups in total. The number of alkyl halides is 7. The lowest BCUT2D eigenvalue weighted by Gasteiger charge is -2.14. The molecular weight excluding hydrogens is 1480 g/mol. The first kappa shape index (κ1) is 85.4. The maximum absolute atomic E-state index is 12.7. The fourth-order valence-corrected chi connectivity index (χ4v) is 9.06. The van der Waals surface area contributed by atoms with E-state index in [0.717, 1.165) is 37.3 Å². The van der Waals surface area contributed by atoms with E-state index in [4.69, 9.17) is 62.4 Å². The Bertz CT molecular complexity index is 4070. The fourth-order valence-electron chi connectivity index (χ4n) is 6.11. The summed E-state index contributed by atoms with van der Waals surface area (Å²) in [5.74, 6) is -8.67. The summed E-state index contributed by atoms with van der Waals surface area (Å²) >= 11 is 11.7. The quantitative estimate of drug-likeness (QED) is 0.0152. The number of esters is 1. The van der Waals surface area contributed by atoms with E-state index >= 15 is 0 Å². The number of methoxy groups -OCH3 is 2. The molecule has 5 amide bonds. The van der Waals surface area contributed by atoms with Crippen LogP contribution in [-0.4, -0.2) is 188 Å². The van der Waals surface area contributed by atoms with Crippen molar-refractivity contribution in [3.05, 3.63) is 123 Å². The monoisotopic (exact) mass is 1530 g/mol. The summed E-state index contributed by atoms with van der Waals surface area (Å²) < 4.78 is 178. The lowest BCUT2D eigenvalue weighted by Crippen LogP contribution is -2.36. The number of pyridine rings is 1. The van der Waals surface area contributed by atoms with E-state index in [1.54, 1.807) is 10.0 Å². The predicted octanol–water partition coefficient (Wildman–Crippen LogP) is 6.08. The zero-order chi connectivity index (χ0) is 75.5. The van der Waals surface area contributed by atoms with Gasteiger partial charge >= 0.3 is 55.3 Å². The number of carbonyl (C=O) groups is 7. The number of nitrogens with zero attached hydrogens (tertiary/aromatic N) is 6. The minimum atomic E-state index is -4.71. The van der Waals surface area contributed by atoms with Gasteiger partial charge in [0.1, 0.15) is 24.0 Å². The van der Waals surface area contributed by atoms with Crippen LogP contribution in [0.15, 0.2) is 101 Å². The van der Waals surface area contributed by atoms with E-state index in [-0.39, 0.29) is 50.4 Å². The summed E-state index contributed by atoms with van der Waals surface area (Å²) in [6.45, 7) is -6.13. The van der Waals surface area contributed by atoms with Gasteiger partial charge < -0.3 is 63.0 Å². The van der Waals surface area contributed by atoms with Crippen molar-refractivity contribution in [2.45, 2.75) is 42.3 Å². The van der Waals surface area contributed by atoms with Gasteiger partial charge in [0.2, 0.25) is 35.4 Å². The van der Waals surface area contributed by atoms with Gasteiger partial charge in [-0.25, -0.2) is 46.8 Å². The number of aromatic nitrogens is 5. The van der Waals surface area contributed by atoms with Crippen molar-refractivity contribution in [2.75, 3.05) is 70.5 Å². The number of rotatable bonds is 23. The SMILES string of the molecule is COc1cc(OC)nc(NC(=O)NS(=O)(=O)c2ncccc2C(=O)N(C)C)n1.C[C@H](OC(=O)c1cc(Oc2ccc(C(F)(F)F)cc2Cl)ccc1Cl)C(=O)O.C[S+](C)C.O=C(Nc1nc(OC(F)F)cc(OC(F)F)n1)NS(=O)(=O)c1ccccc1C(=O)O.O=C(O)CNCP(=O)([O-])O. The highest BCUT2D eigenvalue weighted by molar-refractivity contribution is 7.94. The number of carboxylic acid groups (broad SMARTS) is 3. The van der Waals surface area contributed by atoms with Crippen LogP contribution in [0.2, 0.25) is 10.0 Å². The van der Waals surface area contributed by atoms with Gasteiger partial charge in [0, 0.05) is 20.3 Å². The number of anilines is 2. The molecule has 0 aliphatic carbocycles. The third-order valence-corrected chi connectivity index (χ3v) is 14.0. The first-order valence-electron chi connectivity index (χ1n) is 25.9. The summed E-state index contributed by atoms with van der Waals surface area (Å²) in [4.78, 5) is 116. The third-order valence-electron chi connectivity index (χ3n) is 10.0. The van der Waals surface area contributed by atoms with Crippen LogP contribution in [0, 0.1) is 0 Å². The average molecular weight is 1530 g/mol. The molecule has 3 aromatic heterocycles. The van der Waals surface area contributed by atoms with Crippen molar-refractivity contribution in [1.29, 1.82) is 0 Å². The van der Waals surface area contributed by atoms with Gasteiger partial charge in [-0.1, -0.05) is 35.3 Å². The number of hydrogen-bond acceptors (Lipinski definition) is 25. The smallest absolute Gasteiger partial charge is 0.416 e. The summed E-state index contributed by atoms with van der Waals surface area (Å²) in [5, 5.41) is 30.7. The Kier molecular flexibility index (Phi) is 33.7. The number of hydrogen-bond donors (Lipinski definition) is 9. The third kappa shape index (κ3) is 31.2. The molecule has 99 heavy (non-hydrogen) atoms.